The van der Waals surface area contributed by atoms with Gasteiger partial charge in [-0.05, 0) is 49.7 Å². The van der Waals surface area contributed by atoms with Crippen LogP contribution in [0.2, 0.25) is 0 Å². The monoisotopic (exact) mass is 528 g/mol. The van der Waals surface area contributed by atoms with E-state index in [2.05, 4.69) is 0 Å². The van der Waals surface area contributed by atoms with Crippen molar-refractivity contribution in [2.45, 2.75) is 63.7 Å². The number of hydrogen-bond donors (Lipinski definition) is 1. The molecule has 2 amide bonds. The van der Waals surface area contributed by atoms with Gasteiger partial charge < -0.3 is 9.63 Å². The van der Waals surface area contributed by atoms with E-state index in [1.807, 2.05) is 60.7 Å². The van der Waals surface area contributed by atoms with Crippen LogP contribution in [-0.4, -0.2) is 57.8 Å². The first kappa shape index (κ1) is 27.0. The topological polar surface area (TPSA) is 113 Å². The number of fused-ring (bicyclic) bond motifs is 1. The van der Waals surface area contributed by atoms with E-state index in [4.69, 9.17) is 9.05 Å². The Kier molecular flexibility index (Phi) is 9.14. The molecule has 2 saturated heterocycles. The van der Waals surface area contributed by atoms with Gasteiger partial charge in [-0.25, -0.2) is 9.80 Å². The van der Waals surface area contributed by atoms with Gasteiger partial charge in [-0.3, -0.25) is 23.7 Å². The van der Waals surface area contributed by atoms with E-state index < -0.39 is 31.6 Å². The predicted octanol–water partition coefficient (Wildman–Crippen LogP) is 4.42. The van der Waals surface area contributed by atoms with Crippen LogP contribution in [0.3, 0.4) is 0 Å². The highest BCUT2D eigenvalue weighted by atomic mass is 31.2. The van der Waals surface area contributed by atoms with Gasteiger partial charge in [0.1, 0.15) is 6.10 Å². The molecule has 2 aromatic rings. The van der Waals surface area contributed by atoms with E-state index in [0.717, 1.165) is 23.4 Å². The highest BCUT2D eigenvalue weighted by Crippen LogP contribution is 2.52. The molecule has 1 N–H and O–H groups in total. The van der Waals surface area contributed by atoms with Crippen molar-refractivity contribution in [3.05, 3.63) is 71.8 Å². The van der Waals surface area contributed by atoms with Gasteiger partial charge in [-0.1, -0.05) is 60.7 Å². The molecule has 4 rings (SSSR count). The molecule has 0 radical (unpaired) electrons. The molecule has 0 aliphatic carbocycles. The summed E-state index contributed by atoms with van der Waals surface area (Å²) >= 11 is 0. The van der Waals surface area contributed by atoms with Gasteiger partial charge in [-0.2, -0.15) is 0 Å². The fraction of sp³-hybridized carbons (Fsp3) is 0.444. The summed E-state index contributed by atoms with van der Waals surface area (Å²) in [6, 6.07) is 18.1. The first-order valence-electron chi connectivity index (χ1n) is 12.7. The van der Waals surface area contributed by atoms with Crippen molar-refractivity contribution in [1.82, 2.24) is 10.0 Å². The lowest BCUT2D eigenvalue weighted by Gasteiger charge is -2.41. The minimum absolute atomic E-state index is 0.00800. The van der Waals surface area contributed by atoms with Crippen molar-refractivity contribution in [2.24, 2.45) is 0 Å². The third-order valence-electron chi connectivity index (χ3n) is 6.65. The number of unbranched alkanes of at least 4 members (excludes halogenated alkanes) is 1. The van der Waals surface area contributed by atoms with Crippen LogP contribution in [0.4, 0.5) is 0 Å². The Labute approximate surface area is 216 Å². The van der Waals surface area contributed by atoms with Gasteiger partial charge in [0.15, 0.2) is 6.04 Å². The number of carboxylic acids is 1. The Bertz CT molecular complexity index is 1130. The molecular formula is C27H33N2O7P. The Morgan fingerprint density at radius 2 is 1.65 bits per heavy atom. The summed E-state index contributed by atoms with van der Waals surface area (Å²) in [6.45, 7) is 0.312. The minimum atomic E-state index is -3.77. The lowest BCUT2D eigenvalue weighted by atomic mass is 10.1. The second-order valence-electron chi connectivity index (χ2n) is 9.36. The molecule has 2 fully saturated rings. The molecule has 0 saturated carbocycles. The number of rotatable bonds is 11. The van der Waals surface area contributed by atoms with E-state index in [1.54, 1.807) is 0 Å². The molecule has 0 spiro atoms. The van der Waals surface area contributed by atoms with Crippen LogP contribution in [0, 0.1) is 0 Å². The van der Waals surface area contributed by atoms with Crippen molar-refractivity contribution < 1.29 is 33.1 Å². The molecule has 198 valence electrons. The molecule has 37 heavy (non-hydrogen) atoms. The average Bonchev–Trinajstić information content (AvgIpc) is 3.03. The van der Waals surface area contributed by atoms with Crippen molar-refractivity contribution in [1.29, 1.82) is 0 Å². The van der Waals surface area contributed by atoms with Gasteiger partial charge in [0, 0.05) is 13.0 Å². The lowest BCUT2D eigenvalue weighted by Crippen LogP contribution is -2.60. The quantitative estimate of drug-likeness (QED) is 0.339. The van der Waals surface area contributed by atoms with E-state index in [0.29, 0.717) is 12.8 Å². The molecule has 1 unspecified atom stereocenters. The maximum Gasteiger partial charge on any atom is 0.331 e. The second kappa shape index (κ2) is 12.5. The van der Waals surface area contributed by atoms with Crippen LogP contribution in [0.25, 0.3) is 0 Å². The van der Waals surface area contributed by atoms with E-state index >= 15 is 0 Å². The number of aliphatic carboxylic acids is 1. The van der Waals surface area contributed by atoms with Gasteiger partial charge >= 0.3 is 13.6 Å². The molecule has 2 aromatic carbocycles. The number of carbonyl (C=O) groups is 3. The Hall–Kier alpha value is -3.00. The largest absolute Gasteiger partial charge is 0.480 e. The smallest absolute Gasteiger partial charge is 0.331 e. The number of carboxylic acid groups (broad SMARTS) is 1. The molecule has 2 aliphatic rings. The fourth-order valence-corrected chi connectivity index (χ4v) is 6.53. The van der Waals surface area contributed by atoms with Gasteiger partial charge in [0.25, 0.3) is 5.91 Å². The van der Waals surface area contributed by atoms with Crippen molar-refractivity contribution in [3.63, 3.8) is 0 Å². The molecule has 3 atom stereocenters. The van der Waals surface area contributed by atoms with Crippen LogP contribution in [0.5, 0.6) is 0 Å². The highest BCUT2D eigenvalue weighted by molar-refractivity contribution is 7.53. The minimum Gasteiger partial charge on any atom is -0.480 e. The maximum absolute atomic E-state index is 14.0. The Morgan fingerprint density at radius 1 is 0.973 bits per heavy atom. The van der Waals surface area contributed by atoms with Gasteiger partial charge in [0.2, 0.25) is 5.91 Å². The first-order chi connectivity index (χ1) is 17.9. The van der Waals surface area contributed by atoms with E-state index in [9.17, 15) is 24.1 Å². The first-order valence-corrected chi connectivity index (χ1v) is 14.4. The third-order valence-corrected chi connectivity index (χ3v) is 8.61. The van der Waals surface area contributed by atoms with Crippen LogP contribution >= 0.6 is 7.60 Å². The number of amides is 2. The second-order valence-corrected chi connectivity index (χ2v) is 11.5. The molecule has 0 bridgehead atoms. The van der Waals surface area contributed by atoms with E-state index in [1.165, 1.54) is 10.6 Å². The summed E-state index contributed by atoms with van der Waals surface area (Å²) in [6.07, 6.45) is 1.71. The zero-order valence-corrected chi connectivity index (χ0v) is 21.6. The summed E-state index contributed by atoms with van der Waals surface area (Å²) in [5.74, 6) is -2.19. The predicted molar refractivity (Wildman–Crippen MR) is 136 cm³/mol. The molecule has 2 heterocycles. The molecular weight excluding hydrogens is 495 g/mol. The maximum atomic E-state index is 14.0. The SMILES string of the molecule is O=C(O)[C@@H]1CCCN2C(=O)CC[C@H](OP(=O)(CCCCc3ccccc3)OCc3ccccc3)C(=O)N12. The summed E-state index contributed by atoms with van der Waals surface area (Å²) in [4.78, 5) is 38.1. The number of hydrogen-bond acceptors (Lipinski definition) is 6. The lowest BCUT2D eigenvalue weighted by molar-refractivity contribution is -0.183. The summed E-state index contributed by atoms with van der Waals surface area (Å²) in [5, 5.41) is 11.9. The molecule has 9 nitrogen and oxygen atoms in total. The summed E-state index contributed by atoms with van der Waals surface area (Å²) < 4.78 is 25.7. The normalized spacial score (nSPS) is 21.7. The summed E-state index contributed by atoms with van der Waals surface area (Å²) in [7, 11) is -3.77. The zero-order valence-electron chi connectivity index (χ0n) is 20.7. The van der Waals surface area contributed by atoms with Crippen LogP contribution in [0.15, 0.2) is 60.7 Å². The highest BCUT2D eigenvalue weighted by Gasteiger charge is 2.46. The van der Waals surface area contributed by atoms with Crippen molar-refractivity contribution in [3.8, 4) is 0 Å². The van der Waals surface area contributed by atoms with Crippen LogP contribution in [0.1, 0.15) is 49.7 Å². The zero-order chi connectivity index (χ0) is 26.3. The fourth-order valence-electron chi connectivity index (χ4n) is 4.70. The third kappa shape index (κ3) is 7.06. The van der Waals surface area contributed by atoms with Crippen molar-refractivity contribution in [2.75, 3.05) is 12.7 Å². The Morgan fingerprint density at radius 3 is 2.32 bits per heavy atom. The number of nitrogens with zero attached hydrogens (tertiary/aromatic N) is 2. The number of hydrazine groups is 1. The van der Waals surface area contributed by atoms with E-state index in [-0.39, 0.29) is 44.5 Å². The number of benzene rings is 2. The Balaban J connectivity index is 1.49. The van der Waals surface area contributed by atoms with Gasteiger partial charge in [0.05, 0.1) is 12.8 Å². The standard InChI is InChI=1S/C27H33N2O7P/c30-25-17-16-24(26(31)29-23(27(32)33)15-9-18-28(25)29)36-37(34,35-20-22-13-5-2-6-14-22)19-8-7-12-21-10-3-1-4-11-21/h1-6,10-11,13-14,23-24H,7-9,12,15-20H2,(H,32,33)/t23-,24-,37?/m0/s1. The van der Waals surface area contributed by atoms with Gasteiger partial charge in [-0.15, -0.1) is 0 Å². The molecule has 0 aromatic heterocycles. The molecule has 2 aliphatic heterocycles. The summed E-state index contributed by atoms with van der Waals surface area (Å²) in [5.41, 5.74) is 1.98. The van der Waals surface area contributed by atoms with Crippen LogP contribution < -0.4 is 0 Å². The number of aryl methyl sites for hydroxylation is 1. The number of carbonyl (C=O) groups excluding carboxylic acids is 2. The van der Waals surface area contributed by atoms with Crippen LogP contribution in [-0.2, 0) is 41.0 Å². The van der Waals surface area contributed by atoms with Crippen molar-refractivity contribution >= 4 is 25.4 Å². The average molecular weight is 529 g/mol. The molecule has 10 heteroatoms.